The number of rotatable bonds is 6. The number of nitrogens with zero attached hydrogens (tertiary/aromatic N) is 4. The molecule has 0 saturated carbocycles. The van der Waals surface area contributed by atoms with Crippen LogP contribution in [0.5, 0.6) is 0 Å². The van der Waals surface area contributed by atoms with Crippen LogP contribution in [0.15, 0.2) is 35.3 Å². The van der Waals surface area contributed by atoms with E-state index in [1.165, 1.54) is 5.56 Å². The molecule has 0 unspecified atom stereocenters. The molecule has 1 aromatic carbocycles. The Hall–Kier alpha value is -2.47. The van der Waals surface area contributed by atoms with Crippen molar-refractivity contribution in [3.8, 4) is 0 Å². The van der Waals surface area contributed by atoms with E-state index in [1.54, 1.807) is 6.07 Å². The van der Waals surface area contributed by atoms with Crippen LogP contribution in [0.1, 0.15) is 37.9 Å². The number of hydrogen-bond acceptors (Lipinski definition) is 4. The Morgan fingerprint density at radius 2 is 2.00 bits per heavy atom. The summed E-state index contributed by atoms with van der Waals surface area (Å²) in [6, 6.07) is 7.76. The van der Waals surface area contributed by atoms with Gasteiger partial charge in [-0.05, 0) is 32.4 Å². The number of para-hydroxylation sites is 1. The summed E-state index contributed by atoms with van der Waals surface area (Å²) in [4.78, 5) is 22.1. The third-order valence-electron chi connectivity index (χ3n) is 4.45. The van der Waals surface area contributed by atoms with Crippen LogP contribution in [0, 0.1) is 0 Å². The number of benzene rings is 1. The van der Waals surface area contributed by atoms with Gasteiger partial charge in [-0.1, -0.05) is 19.1 Å². The summed E-state index contributed by atoms with van der Waals surface area (Å²) in [6.45, 7) is 7.80. The van der Waals surface area contributed by atoms with Crippen molar-refractivity contribution in [1.82, 2.24) is 24.6 Å². The second-order valence-corrected chi connectivity index (χ2v) is 6.66. The molecule has 2 heterocycles. The highest BCUT2D eigenvalue weighted by atomic mass is 16.1. The van der Waals surface area contributed by atoms with Gasteiger partial charge in [0.2, 0.25) is 0 Å². The molecule has 1 N–H and O–H groups in total. The molecule has 0 aliphatic carbocycles. The number of aromatic amines is 1. The van der Waals surface area contributed by atoms with Crippen LogP contribution >= 0.6 is 0 Å². The van der Waals surface area contributed by atoms with Crippen molar-refractivity contribution in [3.05, 3.63) is 57.9 Å². The second kappa shape index (κ2) is 7.19. The Morgan fingerprint density at radius 3 is 2.72 bits per heavy atom. The highest BCUT2D eigenvalue weighted by molar-refractivity contribution is 5.77. The Kier molecular flexibility index (Phi) is 4.99. The molecule has 3 rings (SSSR count). The number of fused-ring (bicyclic) bond motifs is 1. The van der Waals surface area contributed by atoms with Gasteiger partial charge in [0.15, 0.2) is 0 Å². The molecule has 6 nitrogen and oxygen atoms in total. The Morgan fingerprint density at radius 1 is 1.24 bits per heavy atom. The summed E-state index contributed by atoms with van der Waals surface area (Å²) in [5.41, 5.74) is 3.00. The minimum Gasteiger partial charge on any atom is -0.309 e. The minimum atomic E-state index is -0.0834. The van der Waals surface area contributed by atoms with Crippen molar-refractivity contribution >= 4 is 10.9 Å². The predicted molar refractivity (Wildman–Crippen MR) is 99.3 cm³/mol. The lowest BCUT2D eigenvalue weighted by molar-refractivity contribution is 0.198. The maximum Gasteiger partial charge on any atom is 0.258 e. The van der Waals surface area contributed by atoms with Gasteiger partial charge >= 0.3 is 0 Å². The molecule has 0 amide bonds. The molecule has 0 aliphatic heterocycles. The van der Waals surface area contributed by atoms with Gasteiger partial charge in [-0.2, -0.15) is 5.10 Å². The lowest BCUT2D eigenvalue weighted by Gasteiger charge is -2.25. The van der Waals surface area contributed by atoms with Gasteiger partial charge in [-0.25, -0.2) is 4.98 Å². The first-order chi connectivity index (χ1) is 12.0. The van der Waals surface area contributed by atoms with E-state index in [2.05, 4.69) is 46.9 Å². The number of nitrogens with one attached hydrogen (secondary N) is 1. The van der Waals surface area contributed by atoms with Crippen LogP contribution in [0.25, 0.3) is 10.9 Å². The molecule has 0 aliphatic rings. The van der Waals surface area contributed by atoms with E-state index in [4.69, 9.17) is 0 Å². The smallest absolute Gasteiger partial charge is 0.258 e. The van der Waals surface area contributed by atoms with Crippen molar-refractivity contribution in [2.24, 2.45) is 7.05 Å². The molecule has 0 bridgehead atoms. The zero-order valence-electron chi connectivity index (χ0n) is 15.3. The van der Waals surface area contributed by atoms with Crippen LogP contribution in [0.2, 0.25) is 0 Å². The largest absolute Gasteiger partial charge is 0.309 e. The SMILES string of the molecule is CCc1nn(C)cc1CN(Cc1nc2ccccc2c(=O)[nH]1)C(C)C. The van der Waals surface area contributed by atoms with Crippen molar-refractivity contribution < 1.29 is 0 Å². The molecule has 132 valence electrons. The maximum absolute atomic E-state index is 12.3. The van der Waals surface area contributed by atoms with Crippen LogP contribution in [-0.4, -0.2) is 30.7 Å². The van der Waals surface area contributed by atoms with Gasteiger partial charge in [-0.15, -0.1) is 0 Å². The van der Waals surface area contributed by atoms with Gasteiger partial charge in [0.1, 0.15) is 5.82 Å². The van der Waals surface area contributed by atoms with Gasteiger partial charge in [0, 0.05) is 31.4 Å². The summed E-state index contributed by atoms with van der Waals surface area (Å²) in [5.74, 6) is 0.694. The molecule has 0 saturated heterocycles. The van der Waals surface area contributed by atoms with E-state index in [0.29, 0.717) is 23.8 Å². The number of hydrogen-bond donors (Lipinski definition) is 1. The molecule has 2 aromatic heterocycles. The number of aryl methyl sites for hydroxylation is 2. The van der Waals surface area contributed by atoms with E-state index in [1.807, 2.05) is 29.9 Å². The van der Waals surface area contributed by atoms with Crippen LogP contribution in [0.4, 0.5) is 0 Å². The van der Waals surface area contributed by atoms with Gasteiger partial charge in [0.25, 0.3) is 5.56 Å². The van der Waals surface area contributed by atoms with E-state index in [9.17, 15) is 4.79 Å². The van der Waals surface area contributed by atoms with Crippen LogP contribution in [0.3, 0.4) is 0 Å². The van der Waals surface area contributed by atoms with Crippen molar-refractivity contribution in [2.75, 3.05) is 0 Å². The average molecular weight is 339 g/mol. The summed E-state index contributed by atoms with van der Waals surface area (Å²) in [6.07, 6.45) is 2.98. The normalized spacial score (nSPS) is 11.8. The summed E-state index contributed by atoms with van der Waals surface area (Å²) in [7, 11) is 1.95. The van der Waals surface area contributed by atoms with Gasteiger partial charge in [0.05, 0.1) is 23.1 Å². The fourth-order valence-electron chi connectivity index (χ4n) is 3.06. The maximum atomic E-state index is 12.3. The van der Waals surface area contributed by atoms with Crippen LogP contribution < -0.4 is 5.56 Å². The topological polar surface area (TPSA) is 66.8 Å². The number of H-pyrrole nitrogens is 1. The van der Waals surface area contributed by atoms with E-state index < -0.39 is 0 Å². The molecule has 0 spiro atoms. The quantitative estimate of drug-likeness (QED) is 0.750. The lowest BCUT2D eigenvalue weighted by Crippen LogP contribution is -2.31. The molecule has 0 radical (unpaired) electrons. The fourth-order valence-corrected chi connectivity index (χ4v) is 3.06. The van der Waals surface area contributed by atoms with Crippen molar-refractivity contribution in [3.63, 3.8) is 0 Å². The molecular formula is C19H25N5O. The Balaban J connectivity index is 1.88. The van der Waals surface area contributed by atoms with E-state index >= 15 is 0 Å². The molecule has 3 aromatic rings. The molecule has 25 heavy (non-hydrogen) atoms. The summed E-state index contributed by atoms with van der Waals surface area (Å²) in [5, 5.41) is 5.15. The van der Waals surface area contributed by atoms with Crippen molar-refractivity contribution in [1.29, 1.82) is 0 Å². The Labute approximate surface area is 147 Å². The van der Waals surface area contributed by atoms with E-state index in [-0.39, 0.29) is 5.56 Å². The van der Waals surface area contributed by atoms with Crippen LogP contribution in [-0.2, 0) is 26.6 Å². The van der Waals surface area contributed by atoms with Crippen molar-refractivity contribution in [2.45, 2.75) is 46.3 Å². The first-order valence-corrected chi connectivity index (χ1v) is 8.71. The number of aromatic nitrogens is 4. The fraction of sp³-hybridized carbons (Fsp3) is 0.421. The summed E-state index contributed by atoms with van der Waals surface area (Å²) >= 11 is 0. The molecule has 6 heteroatoms. The first kappa shape index (κ1) is 17.4. The monoisotopic (exact) mass is 339 g/mol. The van der Waals surface area contributed by atoms with Gasteiger partial charge in [-0.3, -0.25) is 14.4 Å². The second-order valence-electron chi connectivity index (χ2n) is 6.66. The molecule has 0 fully saturated rings. The summed E-state index contributed by atoms with van der Waals surface area (Å²) < 4.78 is 1.86. The van der Waals surface area contributed by atoms with E-state index in [0.717, 1.165) is 24.2 Å². The van der Waals surface area contributed by atoms with Gasteiger partial charge < -0.3 is 4.98 Å². The average Bonchev–Trinajstić information content (AvgIpc) is 2.94. The molecule has 0 atom stereocenters. The third-order valence-corrected chi connectivity index (χ3v) is 4.45. The standard InChI is InChI=1S/C19H25N5O/c1-5-16-14(10-23(4)22-16)11-24(13(2)3)12-18-20-17-9-7-6-8-15(17)19(25)21-18/h6-10,13H,5,11-12H2,1-4H3,(H,20,21,25). The zero-order chi connectivity index (χ0) is 18.0. The third kappa shape index (κ3) is 3.79. The highest BCUT2D eigenvalue weighted by Gasteiger charge is 2.16. The highest BCUT2D eigenvalue weighted by Crippen LogP contribution is 2.15. The Bertz CT molecular complexity index is 925. The zero-order valence-corrected chi connectivity index (χ0v) is 15.3. The first-order valence-electron chi connectivity index (χ1n) is 8.71. The predicted octanol–water partition coefficient (Wildman–Crippen LogP) is 2.63. The minimum absolute atomic E-state index is 0.0834. The molecular weight excluding hydrogens is 314 g/mol. The lowest BCUT2D eigenvalue weighted by atomic mass is 10.1.